The maximum atomic E-state index is 14.2. The van der Waals surface area contributed by atoms with E-state index in [1.165, 1.54) is 12.1 Å². The van der Waals surface area contributed by atoms with E-state index >= 15 is 0 Å². The Morgan fingerprint density at radius 3 is 2.70 bits per heavy atom. The third-order valence-electron chi connectivity index (χ3n) is 5.21. The van der Waals surface area contributed by atoms with Gasteiger partial charge in [-0.25, -0.2) is 4.39 Å². The molecule has 2 atom stereocenters. The number of ether oxygens (including phenoxy) is 1. The van der Waals surface area contributed by atoms with Crippen molar-refractivity contribution >= 4 is 11.8 Å². The Morgan fingerprint density at radius 1 is 1.33 bits per heavy atom. The van der Waals surface area contributed by atoms with Crippen LogP contribution in [0.3, 0.4) is 0 Å². The number of amides is 2. The quantitative estimate of drug-likeness (QED) is 0.654. The van der Waals surface area contributed by atoms with Crippen molar-refractivity contribution in [2.45, 2.75) is 25.5 Å². The Labute approximate surface area is 175 Å². The molecule has 3 rings (SSSR count). The molecule has 1 aliphatic rings. The van der Waals surface area contributed by atoms with Crippen LogP contribution >= 0.6 is 0 Å². The van der Waals surface area contributed by atoms with Crippen LogP contribution in [0.25, 0.3) is 0 Å². The Kier molecular flexibility index (Phi) is 6.84. The van der Waals surface area contributed by atoms with E-state index in [0.717, 1.165) is 18.5 Å². The molecule has 30 heavy (non-hydrogen) atoms. The zero-order chi connectivity index (χ0) is 21.7. The number of benzene rings is 2. The van der Waals surface area contributed by atoms with Gasteiger partial charge in [0.05, 0.1) is 0 Å². The van der Waals surface area contributed by atoms with Gasteiger partial charge in [-0.05, 0) is 60.9 Å². The van der Waals surface area contributed by atoms with Crippen LogP contribution in [0.2, 0.25) is 0 Å². The molecule has 1 fully saturated rings. The molecule has 2 aromatic carbocycles. The van der Waals surface area contributed by atoms with Gasteiger partial charge in [-0.15, -0.1) is 0 Å². The number of nitrogens with zero attached hydrogens (tertiary/aromatic N) is 1. The molecule has 3 N–H and O–H groups in total. The van der Waals surface area contributed by atoms with Crippen molar-refractivity contribution in [2.75, 3.05) is 19.6 Å². The first kappa shape index (κ1) is 21.5. The first-order valence-corrected chi connectivity index (χ1v) is 9.83. The van der Waals surface area contributed by atoms with Crippen molar-refractivity contribution in [1.82, 2.24) is 10.2 Å². The molecular weight excluding hydrogens is 385 g/mol. The SMILES string of the molecule is C=CC(=O)NC1CCN(CC(Oc2ccc(C(N)=O)cc2)c2ccc(C)c(F)c2)C1. The number of rotatable bonds is 8. The highest BCUT2D eigenvalue weighted by molar-refractivity contribution is 5.92. The minimum absolute atomic E-state index is 0.0424. The minimum atomic E-state index is -0.511. The molecule has 1 aliphatic heterocycles. The van der Waals surface area contributed by atoms with E-state index in [9.17, 15) is 14.0 Å². The average molecular weight is 411 g/mol. The monoisotopic (exact) mass is 411 g/mol. The van der Waals surface area contributed by atoms with Gasteiger partial charge >= 0.3 is 0 Å². The van der Waals surface area contributed by atoms with Crippen molar-refractivity contribution in [3.8, 4) is 5.75 Å². The molecule has 7 heteroatoms. The van der Waals surface area contributed by atoms with Crippen LogP contribution in [0.1, 0.15) is 34.0 Å². The minimum Gasteiger partial charge on any atom is -0.484 e. The zero-order valence-corrected chi connectivity index (χ0v) is 16.9. The maximum Gasteiger partial charge on any atom is 0.248 e. The van der Waals surface area contributed by atoms with Crippen molar-refractivity contribution in [2.24, 2.45) is 5.73 Å². The summed E-state index contributed by atoms with van der Waals surface area (Å²) in [7, 11) is 0. The van der Waals surface area contributed by atoms with E-state index in [-0.39, 0.29) is 17.8 Å². The van der Waals surface area contributed by atoms with Crippen LogP contribution in [0.4, 0.5) is 4.39 Å². The van der Waals surface area contributed by atoms with Gasteiger partial charge in [-0.3, -0.25) is 14.5 Å². The van der Waals surface area contributed by atoms with Crippen molar-refractivity contribution in [3.63, 3.8) is 0 Å². The summed E-state index contributed by atoms with van der Waals surface area (Å²) < 4.78 is 20.4. The lowest BCUT2D eigenvalue weighted by Gasteiger charge is -2.25. The van der Waals surface area contributed by atoms with Crippen molar-refractivity contribution in [1.29, 1.82) is 0 Å². The van der Waals surface area contributed by atoms with Crippen LogP contribution in [-0.4, -0.2) is 42.4 Å². The molecule has 2 unspecified atom stereocenters. The highest BCUT2D eigenvalue weighted by Crippen LogP contribution is 2.26. The predicted molar refractivity (Wildman–Crippen MR) is 113 cm³/mol. The van der Waals surface area contributed by atoms with Gasteiger partial charge in [0.2, 0.25) is 11.8 Å². The van der Waals surface area contributed by atoms with Gasteiger partial charge in [0.1, 0.15) is 17.7 Å². The smallest absolute Gasteiger partial charge is 0.248 e. The van der Waals surface area contributed by atoms with Crippen LogP contribution < -0.4 is 15.8 Å². The number of nitrogens with one attached hydrogen (secondary N) is 1. The van der Waals surface area contributed by atoms with Crippen LogP contribution in [0.15, 0.2) is 55.1 Å². The Balaban J connectivity index is 1.76. The van der Waals surface area contributed by atoms with E-state index in [2.05, 4.69) is 16.8 Å². The Morgan fingerprint density at radius 2 is 2.07 bits per heavy atom. The number of carbonyl (C=O) groups excluding carboxylic acids is 2. The topological polar surface area (TPSA) is 84.7 Å². The molecule has 0 aromatic heterocycles. The van der Waals surface area contributed by atoms with Crippen LogP contribution in [0.5, 0.6) is 5.75 Å². The lowest BCUT2D eigenvalue weighted by molar-refractivity contribution is -0.117. The predicted octanol–water partition coefficient (Wildman–Crippen LogP) is 2.73. The largest absolute Gasteiger partial charge is 0.484 e. The van der Waals surface area contributed by atoms with E-state index in [4.69, 9.17) is 10.5 Å². The summed E-state index contributed by atoms with van der Waals surface area (Å²) in [6, 6.07) is 11.7. The van der Waals surface area contributed by atoms with E-state index in [0.29, 0.717) is 30.0 Å². The number of aryl methyl sites for hydroxylation is 1. The standard InChI is InChI=1S/C23H26FN3O3/c1-3-22(28)26-18-10-11-27(13-18)14-21(17-5-4-15(2)20(24)12-17)30-19-8-6-16(7-9-19)23(25)29/h3-9,12,18,21H,1,10-11,13-14H2,2H3,(H2,25,29)(H,26,28). The highest BCUT2D eigenvalue weighted by Gasteiger charge is 2.27. The van der Waals surface area contributed by atoms with Gasteiger partial charge < -0.3 is 15.8 Å². The maximum absolute atomic E-state index is 14.2. The fourth-order valence-electron chi connectivity index (χ4n) is 3.49. The average Bonchev–Trinajstić information content (AvgIpc) is 3.16. The summed E-state index contributed by atoms with van der Waals surface area (Å²) in [6.07, 6.45) is 1.66. The zero-order valence-electron chi connectivity index (χ0n) is 16.9. The fourth-order valence-corrected chi connectivity index (χ4v) is 3.49. The summed E-state index contributed by atoms with van der Waals surface area (Å²) in [6.45, 7) is 7.18. The van der Waals surface area contributed by atoms with Gasteiger partial charge in [0.15, 0.2) is 0 Å². The molecule has 0 aliphatic carbocycles. The number of likely N-dealkylation sites (tertiary alicyclic amines) is 1. The Bertz CT molecular complexity index is 930. The second kappa shape index (κ2) is 9.54. The number of carbonyl (C=O) groups is 2. The number of primary amides is 1. The molecule has 0 spiro atoms. The van der Waals surface area contributed by atoms with Crippen molar-refractivity contribution < 1.29 is 18.7 Å². The van der Waals surface area contributed by atoms with Gasteiger partial charge in [-0.2, -0.15) is 0 Å². The third-order valence-corrected chi connectivity index (χ3v) is 5.21. The lowest BCUT2D eigenvalue weighted by Crippen LogP contribution is -2.37. The molecule has 2 aromatic rings. The van der Waals surface area contributed by atoms with Crippen molar-refractivity contribution in [3.05, 3.63) is 77.6 Å². The Hall–Kier alpha value is -3.19. The summed E-state index contributed by atoms with van der Waals surface area (Å²) >= 11 is 0. The van der Waals surface area contributed by atoms with E-state index in [1.807, 2.05) is 6.07 Å². The molecule has 1 saturated heterocycles. The normalized spacial score (nSPS) is 17.3. The lowest BCUT2D eigenvalue weighted by atomic mass is 10.1. The van der Waals surface area contributed by atoms with Crippen LogP contribution in [-0.2, 0) is 4.79 Å². The molecule has 2 amide bonds. The van der Waals surface area contributed by atoms with E-state index in [1.54, 1.807) is 37.3 Å². The summed E-state index contributed by atoms with van der Waals surface area (Å²) in [5.74, 6) is -0.433. The number of nitrogens with two attached hydrogens (primary N) is 1. The second-order valence-corrected chi connectivity index (χ2v) is 7.46. The fraction of sp³-hybridized carbons (Fsp3) is 0.304. The first-order valence-electron chi connectivity index (χ1n) is 9.83. The molecule has 1 heterocycles. The van der Waals surface area contributed by atoms with Gasteiger partial charge in [0.25, 0.3) is 0 Å². The molecule has 0 radical (unpaired) electrons. The molecule has 6 nitrogen and oxygen atoms in total. The number of hydrogen-bond donors (Lipinski definition) is 2. The van der Waals surface area contributed by atoms with Crippen LogP contribution in [0, 0.1) is 12.7 Å². The van der Waals surface area contributed by atoms with E-state index < -0.39 is 12.0 Å². The molecule has 0 bridgehead atoms. The highest BCUT2D eigenvalue weighted by atomic mass is 19.1. The first-order chi connectivity index (χ1) is 14.4. The summed E-state index contributed by atoms with van der Waals surface area (Å²) in [5, 5.41) is 2.91. The summed E-state index contributed by atoms with van der Waals surface area (Å²) in [4.78, 5) is 25.0. The number of halogens is 1. The second-order valence-electron chi connectivity index (χ2n) is 7.46. The molecule has 0 saturated carbocycles. The van der Waals surface area contributed by atoms with Gasteiger partial charge in [0, 0.05) is 31.2 Å². The molecular formula is C23H26FN3O3. The third kappa shape index (κ3) is 5.45. The summed E-state index contributed by atoms with van der Waals surface area (Å²) in [5.41, 5.74) is 6.96. The number of hydrogen-bond acceptors (Lipinski definition) is 4. The molecule has 158 valence electrons. The van der Waals surface area contributed by atoms with Gasteiger partial charge in [-0.1, -0.05) is 18.7 Å².